The van der Waals surface area contributed by atoms with E-state index < -0.39 is 0 Å². The zero-order chi connectivity index (χ0) is 13.0. The normalized spacial score (nSPS) is 10.3. The van der Waals surface area contributed by atoms with Crippen LogP contribution in [-0.2, 0) is 12.8 Å². The first-order valence-electron chi connectivity index (χ1n) is 5.63. The molecule has 0 aliphatic heterocycles. The molecule has 0 spiro atoms. The van der Waals surface area contributed by atoms with E-state index in [0.717, 1.165) is 16.5 Å². The van der Waals surface area contributed by atoms with Gasteiger partial charge in [0.15, 0.2) is 0 Å². The molecule has 2 aromatic rings. The number of hydrogen-bond donors (Lipinski definition) is 0. The van der Waals surface area contributed by atoms with Crippen LogP contribution >= 0.6 is 15.9 Å². The minimum absolute atomic E-state index is 0.181. The second kappa shape index (κ2) is 5.78. The predicted octanol–water partition coefficient (Wildman–Crippen LogP) is 4.14. The molecule has 0 N–H and O–H groups in total. The van der Waals surface area contributed by atoms with Crippen molar-refractivity contribution in [2.24, 2.45) is 0 Å². The summed E-state index contributed by atoms with van der Waals surface area (Å²) in [5.41, 5.74) is 2.14. The standard InChI is InChI=1S/C14H12BrNO2/c15-13-9-8-12(14(10-13)16(17)18)7-6-11-4-2-1-3-5-11/h1-5,8-10H,6-7H2. The molecule has 2 aromatic carbocycles. The van der Waals surface area contributed by atoms with E-state index in [1.54, 1.807) is 6.07 Å². The largest absolute Gasteiger partial charge is 0.273 e. The zero-order valence-corrected chi connectivity index (χ0v) is 11.3. The van der Waals surface area contributed by atoms with Crippen LogP contribution in [0.25, 0.3) is 0 Å². The Bertz CT molecular complexity index is 555. The Balaban J connectivity index is 2.17. The van der Waals surface area contributed by atoms with Gasteiger partial charge in [-0.15, -0.1) is 0 Å². The molecule has 0 saturated carbocycles. The molecular weight excluding hydrogens is 294 g/mol. The van der Waals surface area contributed by atoms with Crippen LogP contribution in [0.5, 0.6) is 0 Å². The lowest BCUT2D eigenvalue weighted by atomic mass is 10.0. The van der Waals surface area contributed by atoms with Crippen molar-refractivity contribution < 1.29 is 4.92 Å². The van der Waals surface area contributed by atoms with Gasteiger partial charge in [0, 0.05) is 16.1 Å². The number of rotatable bonds is 4. The van der Waals surface area contributed by atoms with Crippen molar-refractivity contribution in [2.75, 3.05) is 0 Å². The van der Waals surface area contributed by atoms with E-state index in [4.69, 9.17) is 0 Å². The van der Waals surface area contributed by atoms with E-state index in [1.165, 1.54) is 5.56 Å². The lowest BCUT2D eigenvalue weighted by Crippen LogP contribution is -1.98. The van der Waals surface area contributed by atoms with Crippen LogP contribution < -0.4 is 0 Å². The van der Waals surface area contributed by atoms with E-state index in [1.807, 2.05) is 42.5 Å². The molecule has 0 atom stereocenters. The third-order valence-corrected chi connectivity index (χ3v) is 3.26. The van der Waals surface area contributed by atoms with Crippen LogP contribution in [-0.4, -0.2) is 4.92 Å². The maximum absolute atomic E-state index is 11.0. The maximum atomic E-state index is 11.0. The van der Waals surface area contributed by atoms with Crippen molar-refractivity contribution in [1.29, 1.82) is 0 Å². The molecule has 0 aliphatic carbocycles. The second-order valence-electron chi connectivity index (χ2n) is 4.02. The molecule has 3 nitrogen and oxygen atoms in total. The molecule has 4 heteroatoms. The summed E-state index contributed by atoms with van der Waals surface area (Å²) in [6.45, 7) is 0. The number of nitrogens with zero attached hydrogens (tertiary/aromatic N) is 1. The third kappa shape index (κ3) is 3.17. The van der Waals surface area contributed by atoms with Crippen molar-refractivity contribution in [3.8, 4) is 0 Å². The van der Waals surface area contributed by atoms with Crippen LogP contribution in [0.3, 0.4) is 0 Å². The van der Waals surface area contributed by atoms with Gasteiger partial charge in [0.1, 0.15) is 0 Å². The third-order valence-electron chi connectivity index (χ3n) is 2.77. The maximum Gasteiger partial charge on any atom is 0.273 e. The summed E-state index contributed by atoms with van der Waals surface area (Å²) in [4.78, 5) is 10.6. The first kappa shape index (κ1) is 12.8. The molecule has 0 amide bonds. The first-order chi connectivity index (χ1) is 8.66. The van der Waals surface area contributed by atoms with E-state index in [2.05, 4.69) is 15.9 Å². The summed E-state index contributed by atoms with van der Waals surface area (Å²) in [6, 6.07) is 15.2. The average molecular weight is 306 g/mol. The molecule has 0 bridgehead atoms. The highest BCUT2D eigenvalue weighted by atomic mass is 79.9. The Morgan fingerprint density at radius 3 is 2.44 bits per heavy atom. The number of aryl methyl sites for hydroxylation is 2. The Morgan fingerprint density at radius 2 is 1.78 bits per heavy atom. The molecule has 0 radical (unpaired) electrons. The van der Waals surface area contributed by atoms with Gasteiger partial charge in [0.25, 0.3) is 5.69 Å². The number of nitro benzene ring substituents is 1. The second-order valence-corrected chi connectivity index (χ2v) is 4.93. The highest BCUT2D eigenvalue weighted by molar-refractivity contribution is 9.10. The van der Waals surface area contributed by atoms with E-state index in [0.29, 0.717) is 6.42 Å². The van der Waals surface area contributed by atoms with E-state index in [-0.39, 0.29) is 10.6 Å². The molecule has 0 aromatic heterocycles. The lowest BCUT2D eigenvalue weighted by molar-refractivity contribution is -0.385. The number of halogens is 1. The van der Waals surface area contributed by atoms with Crippen molar-refractivity contribution in [3.05, 3.63) is 74.2 Å². The molecule has 0 heterocycles. The molecule has 92 valence electrons. The van der Waals surface area contributed by atoms with Crippen molar-refractivity contribution in [2.45, 2.75) is 12.8 Å². The predicted molar refractivity (Wildman–Crippen MR) is 74.6 cm³/mol. The minimum atomic E-state index is -0.328. The van der Waals surface area contributed by atoms with Gasteiger partial charge in [-0.05, 0) is 24.5 Å². The summed E-state index contributed by atoms with van der Waals surface area (Å²) in [5, 5.41) is 11.0. The number of nitro groups is 1. The van der Waals surface area contributed by atoms with Gasteiger partial charge >= 0.3 is 0 Å². The average Bonchev–Trinajstić information content (AvgIpc) is 2.38. The summed E-state index contributed by atoms with van der Waals surface area (Å²) < 4.78 is 0.734. The van der Waals surface area contributed by atoms with Crippen molar-refractivity contribution in [1.82, 2.24) is 0 Å². The molecule has 2 rings (SSSR count). The molecule has 0 fully saturated rings. The van der Waals surface area contributed by atoms with Crippen LogP contribution in [0.15, 0.2) is 53.0 Å². The summed E-state index contributed by atoms with van der Waals surface area (Å²) in [7, 11) is 0. The van der Waals surface area contributed by atoms with E-state index >= 15 is 0 Å². The number of benzene rings is 2. The Hall–Kier alpha value is -1.68. The Morgan fingerprint density at radius 1 is 1.06 bits per heavy atom. The van der Waals surface area contributed by atoms with Crippen LogP contribution in [0, 0.1) is 10.1 Å². The van der Waals surface area contributed by atoms with Gasteiger partial charge < -0.3 is 0 Å². The van der Waals surface area contributed by atoms with Crippen molar-refractivity contribution in [3.63, 3.8) is 0 Å². The zero-order valence-electron chi connectivity index (χ0n) is 9.67. The molecule has 0 aliphatic rings. The summed E-state index contributed by atoms with van der Waals surface area (Å²) in [5.74, 6) is 0. The van der Waals surface area contributed by atoms with Gasteiger partial charge in [-0.3, -0.25) is 10.1 Å². The topological polar surface area (TPSA) is 43.1 Å². The van der Waals surface area contributed by atoms with E-state index in [9.17, 15) is 10.1 Å². The SMILES string of the molecule is O=[N+]([O-])c1cc(Br)ccc1CCc1ccccc1. The quantitative estimate of drug-likeness (QED) is 0.629. The van der Waals surface area contributed by atoms with Gasteiger partial charge in [-0.25, -0.2) is 0 Å². The minimum Gasteiger partial charge on any atom is -0.258 e. The summed E-state index contributed by atoms with van der Waals surface area (Å²) in [6.07, 6.45) is 1.48. The molecule has 0 unspecified atom stereocenters. The van der Waals surface area contributed by atoms with Crippen LogP contribution in [0.2, 0.25) is 0 Å². The highest BCUT2D eigenvalue weighted by Crippen LogP contribution is 2.24. The molecular formula is C14H12BrNO2. The van der Waals surface area contributed by atoms with Gasteiger partial charge in [-0.2, -0.15) is 0 Å². The molecule has 0 saturated heterocycles. The molecule has 18 heavy (non-hydrogen) atoms. The highest BCUT2D eigenvalue weighted by Gasteiger charge is 2.13. The van der Waals surface area contributed by atoms with Gasteiger partial charge in [0.2, 0.25) is 0 Å². The van der Waals surface area contributed by atoms with Crippen molar-refractivity contribution >= 4 is 21.6 Å². The van der Waals surface area contributed by atoms with Gasteiger partial charge in [0.05, 0.1) is 4.92 Å². The Labute approximate surface area is 114 Å². The summed E-state index contributed by atoms with van der Waals surface area (Å²) >= 11 is 3.26. The monoisotopic (exact) mass is 305 g/mol. The number of hydrogen-bond acceptors (Lipinski definition) is 2. The fourth-order valence-corrected chi connectivity index (χ4v) is 2.19. The fourth-order valence-electron chi connectivity index (χ4n) is 1.84. The first-order valence-corrected chi connectivity index (χ1v) is 6.43. The van der Waals surface area contributed by atoms with Gasteiger partial charge in [-0.1, -0.05) is 52.3 Å². The Kier molecular flexibility index (Phi) is 4.10. The van der Waals surface area contributed by atoms with Crippen LogP contribution in [0.1, 0.15) is 11.1 Å². The smallest absolute Gasteiger partial charge is 0.258 e. The fraction of sp³-hybridized carbons (Fsp3) is 0.143. The van der Waals surface area contributed by atoms with Crippen LogP contribution in [0.4, 0.5) is 5.69 Å². The lowest BCUT2D eigenvalue weighted by Gasteiger charge is -2.04.